The minimum Gasteiger partial charge on any atom is -0.471 e. The number of fused-ring (bicyclic) bond motifs is 9. The van der Waals surface area contributed by atoms with Gasteiger partial charge in [0.1, 0.15) is 11.3 Å². The Morgan fingerprint density at radius 3 is 2.61 bits per heavy atom. The van der Waals surface area contributed by atoms with Gasteiger partial charge in [-0.15, -0.1) is 5.10 Å². The molecule has 7 rings (SSSR count). The van der Waals surface area contributed by atoms with Crippen molar-refractivity contribution in [2.45, 2.75) is 12.0 Å². The molecule has 31 heavy (non-hydrogen) atoms. The van der Waals surface area contributed by atoms with E-state index in [2.05, 4.69) is 58.9 Å². The van der Waals surface area contributed by atoms with Crippen molar-refractivity contribution in [1.29, 1.82) is 0 Å². The Bertz CT molecular complexity index is 1570. The van der Waals surface area contributed by atoms with Crippen molar-refractivity contribution in [2.24, 2.45) is 0 Å². The molecule has 0 bridgehead atoms. The summed E-state index contributed by atoms with van der Waals surface area (Å²) >= 11 is 0. The third-order valence-electron chi connectivity index (χ3n) is 6.40. The van der Waals surface area contributed by atoms with Gasteiger partial charge in [-0.2, -0.15) is 0 Å². The average Bonchev–Trinajstić information content (AvgIpc) is 3.42. The van der Waals surface area contributed by atoms with Gasteiger partial charge in [-0.25, -0.2) is 4.68 Å². The highest BCUT2D eigenvalue weighted by molar-refractivity contribution is 6.16. The molecule has 0 saturated carbocycles. The van der Waals surface area contributed by atoms with E-state index in [4.69, 9.17) is 12.6 Å². The molecule has 0 N–H and O–H groups in total. The largest absolute Gasteiger partial charge is 0.471 e. The van der Waals surface area contributed by atoms with Crippen molar-refractivity contribution in [3.8, 4) is 16.9 Å². The molecule has 0 fully saturated rings. The molecule has 1 unspecified atom stereocenters. The highest BCUT2D eigenvalue weighted by Gasteiger charge is 2.35. The first kappa shape index (κ1) is 16.9. The number of nitrogens with zero attached hydrogens (tertiary/aromatic N) is 3. The Hall–Kier alpha value is -3.86. The number of benzene rings is 4. The van der Waals surface area contributed by atoms with Crippen molar-refractivity contribution in [3.05, 3.63) is 95.6 Å². The fourth-order valence-corrected chi connectivity index (χ4v) is 5.01. The van der Waals surface area contributed by atoms with Gasteiger partial charge in [0.2, 0.25) is 0 Å². The molecular formula is C26H16BN3O. The first-order valence-corrected chi connectivity index (χ1v) is 10.4. The van der Waals surface area contributed by atoms with E-state index in [1.165, 1.54) is 27.6 Å². The van der Waals surface area contributed by atoms with E-state index in [9.17, 15) is 0 Å². The maximum atomic E-state index is 6.78. The number of ether oxygens (including phenoxy) is 1. The van der Waals surface area contributed by atoms with E-state index in [-0.39, 0.29) is 0 Å². The van der Waals surface area contributed by atoms with E-state index in [0.717, 1.165) is 34.2 Å². The topological polar surface area (TPSA) is 39.9 Å². The number of hydrogen-bond donors (Lipinski definition) is 0. The van der Waals surface area contributed by atoms with Crippen molar-refractivity contribution in [2.75, 3.05) is 0 Å². The normalized spacial score (nSPS) is 18.6. The van der Waals surface area contributed by atoms with E-state index in [1.807, 2.05) is 36.4 Å². The van der Waals surface area contributed by atoms with Crippen LogP contribution in [0, 0.1) is 0 Å². The Morgan fingerprint density at radius 1 is 0.903 bits per heavy atom. The van der Waals surface area contributed by atoms with Gasteiger partial charge in [0.25, 0.3) is 0 Å². The zero-order chi connectivity index (χ0) is 20.6. The molecule has 2 radical (unpaired) electrons. The molecule has 0 amide bonds. The highest BCUT2D eigenvalue weighted by Crippen LogP contribution is 2.50. The second kappa shape index (κ2) is 5.85. The molecule has 2 heterocycles. The summed E-state index contributed by atoms with van der Waals surface area (Å²) in [7, 11) is 6.78. The van der Waals surface area contributed by atoms with Gasteiger partial charge in [-0.3, -0.25) is 0 Å². The third-order valence-corrected chi connectivity index (χ3v) is 6.40. The van der Waals surface area contributed by atoms with Crippen LogP contribution in [0.2, 0.25) is 0 Å². The van der Waals surface area contributed by atoms with Crippen LogP contribution in [0.1, 0.15) is 16.7 Å². The summed E-state index contributed by atoms with van der Waals surface area (Å²) in [5.41, 5.74) is 6.68. The van der Waals surface area contributed by atoms with Gasteiger partial charge in [0.05, 0.1) is 5.52 Å². The maximum Gasteiger partial charge on any atom is 0.173 e. The Balaban J connectivity index is 1.49. The van der Waals surface area contributed by atoms with Gasteiger partial charge in [0, 0.05) is 10.9 Å². The molecule has 1 aliphatic heterocycles. The molecule has 5 aromatic rings. The molecular weight excluding hydrogens is 381 g/mol. The van der Waals surface area contributed by atoms with Gasteiger partial charge in [-0.05, 0) is 58.3 Å². The van der Waals surface area contributed by atoms with Crippen LogP contribution in [0.25, 0.3) is 39.0 Å². The van der Waals surface area contributed by atoms with E-state index >= 15 is 0 Å². The SMILES string of the molecule is [B]C1(n2nnc3ccccc32)C=Cc2c3c(c4ccccc4c2O1)-c1ccccc1C3. The smallest absolute Gasteiger partial charge is 0.173 e. The third kappa shape index (κ3) is 2.20. The van der Waals surface area contributed by atoms with Gasteiger partial charge in [0.15, 0.2) is 13.5 Å². The number of para-hydroxylation sites is 1. The maximum absolute atomic E-state index is 6.78. The molecule has 5 heteroatoms. The molecule has 1 aliphatic carbocycles. The lowest BCUT2D eigenvalue weighted by Crippen LogP contribution is -2.41. The van der Waals surface area contributed by atoms with Crippen molar-refractivity contribution in [3.63, 3.8) is 0 Å². The van der Waals surface area contributed by atoms with Crippen molar-refractivity contribution < 1.29 is 4.74 Å². The van der Waals surface area contributed by atoms with Gasteiger partial charge >= 0.3 is 0 Å². The summed E-state index contributed by atoms with van der Waals surface area (Å²) in [6, 6.07) is 24.8. The molecule has 0 spiro atoms. The summed E-state index contributed by atoms with van der Waals surface area (Å²) in [6.45, 7) is 0. The zero-order valence-electron chi connectivity index (χ0n) is 16.6. The van der Waals surface area contributed by atoms with E-state index in [1.54, 1.807) is 4.68 Å². The van der Waals surface area contributed by atoms with Crippen LogP contribution in [-0.4, -0.2) is 22.8 Å². The van der Waals surface area contributed by atoms with Crippen LogP contribution in [-0.2, 0) is 12.0 Å². The zero-order valence-corrected chi connectivity index (χ0v) is 16.6. The molecule has 4 aromatic carbocycles. The second-order valence-corrected chi connectivity index (χ2v) is 8.15. The minimum absolute atomic E-state index is 0.782. The summed E-state index contributed by atoms with van der Waals surface area (Å²) in [5, 5.41) is 10.8. The lowest BCUT2D eigenvalue weighted by atomic mass is 9.84. The predicted octanol–water partition coefficient (Wildman–Crippen LogP) is 5.04. The van der Waals surface area contributed by atoms with Crippen LogP contribution < -0.4 is 4.74 Å². The average molecular weight is 397 g/mol. The lowest BCUT2D eigenvalue weighted by molar-refractivity contribution is 0.120. The van der Waals surface area contributed by atoms with E-state index in [0.29, 0.717) is 0 Å². The lowest BCUT2D eigenvalue weighted by Gasteiger charge is -2.34. The Labute approximate surface area is 180 Å². The standard InChI is InChI=1S/C26H16BN3O/c27-26(30-23-12-6-5-11-22(23)28-29-30)14-13-20-21-15-16-7-1-2-8-17(16)24(21)18-9-3-4-10-19(18)25(20)31-26/h1-14H,15H2. The van der Waals surface area contributed by atoms with Crippen LogP contribution in [0.3, 0.4) is 0 Å². The summed E-state index contributed by atoms with van der Waals surface area (Å²) < 4.78 is 8.21. The second-order valence-electron chi connectivity index (χ2n) is 8.15. The van der Waals surface area contributed by atoms with Crippen LogP contribution in [0.4, 0.5) is 0 Å². The Morgan fingerprint density at radius 2 is 1.68 bits per heavy atom. The van der Waals surface area contributed by atoms with Crippen molar-refractivity contribution >= 4 is 35.7 Å². The molecule has 1 atom stereocenters. The van der Waals surface area contributed by atoms with Crippen molar-refractivity contribution in [1.82, 2.24) is 15.0 Å². The molecule has 144 valence electrons. The summed E-state index contributed by atoms with van der Waals surface area (Å²) in [4.78, 5) is 0. The van der Waals surface area contributed by atoms with Crippen LogP contribution in [0.5, 0.6) is 5.75 Å². The first-order valence-electron chi connectivity index (χ1n) is 10.4. The van der Waals surface area contributed by atoms with Crippen LogP contribution >= 0.6 is 0 Å². The molecule has 4 nitrogen and oxygen atoms in total. The van der Waals surface area contributed by atoms with E-state index < -0.39 is 5.62 Å². The summed E-state index contributed by atoms with van der Waals surface area (Å²) in [6.07, 6.45) is 4.86. The number of rotatable bonds is 1. The fraction of sp³-hybridized carbons (Fsp3) is 0.0769. The van der Waals surface area contributed by atoms with Gasteiger partial charge < -0.3 is 4.74 Å². The predicted molar refractivity (Wildman–Crippen MR) is 123 cm³/mol. The molecule has 2 aliphatic rings. The monoisotopic (exact) mass is 397 g/mol. The van der Waals surface area contributed by atoms with Gasteiger partial charge in [-0.1, -0.05) is 65.9 Å². The molecule has 0 saturated heterocycles. The first-order chi connectivity index (χ1) is 15.2. The summed E-state index contributed by atoms with van der Waals surface area (Å²) in [5.74, 6) is 0.798. The number of aromatic nitrogens is 3. The quantitative estimate of drug-likeness (QED) is 0.365. The van der Waals surface area contributed by atoms with Crippen LogP contribution in [0.15, 0.2) is 78.9 Å². The fourth-order valence-electron chi connectivity index (χ4n) is 5.01. The molecule has 1 aromatic heterocycles. The minimum atomic E-state index is -1.26. The Kier molecular flexibility index (Phi) is 3.19. The number of hydrogen-bond acceptors (Lipinski definition) is 3. The highest BCUT2D eigenvalue weighted by atomic mass is 16.5.